The number of rotatable bonds is 1. The number of hydrogen-bond acceptors (Lipinski definition) is 5. The molecule has 94 valence electrons. The molecule has 1 aromatic heterocycles. The first-order chi connectivity index (χ1) is 8.34. The van der Waals surface area contributed by atoms with Gasteiger partial charge in [-0.15, -0.1) is 11.3 Å². The molecule has 1 saturated heterocycles. The second kappa shape index (κ2) is 5.16. The van der Waals surface area contributed by atoms with Crippen molar-refractivity contribution in [2.24, 2.45) is 0 Å². The highest BCUT2D eigenvalue weighted by molar-refractivity contribution is 7.99. The minimum atomic E-state index is -0.315. The number of anilines is 1. The Morgan fingerprint density at radius 2 is 2.18 bits per heavy atom. The maximum atomic E-state index is 9.95. The average molecular weight is 270 g/mol. The number of thioether (sulfide) groups is 1. The third-order valence-corrected chi connectivity index (χ3v) is 5.65. The smallest absolute Gasteiger partial charge is 0.185 e. The minimum absolute atomic E-state index is 0.315. The largest absolute Gasteiger partial charge is 0.387 e. The zero-order valence-corrected chi connectivity index (χ0v) is 11.5. The summed E-state index contributed by atoms with van der Waals surface area (Å²) in [5.74, 6) is 2.47. The summed E-state index contributed by atoms with van der Waals surface area (Å²) in [5, 5.41) is 11.1. The lowest BCUT2D eigenvalue weighted by Crippen LogP contribution is -2.25. The highest BCUT2D eigenvalue weighted by atomic mass is 32.2. The van der Waals surface area contributed by atoms with Crippen LogP contribution in [0.1, 0.15) is 35.9 Å². The van der Waals surface area contributed by atoms with Crippen LogP contribution in [0.5, 0.6) is 0 Å². The summed E-state index contributed by atoms with van der Waals surface area (Å²) in [6.07, 6.45) is 4.02. The van der Waals surface area contributed by atoms with Crippen molar-refractivity contribution >= 4 is 28.2 Å². The first kappa shape index (κ1) is 11.8. The Hall–Kier alpha value is -0.260. The molecule has 0 radical (unpaired) electrons. The lowest BCUT2D eigenvalue weighted by Gasteiger charge is -2.18. The molecule has 1 atom stereocenters. The van der Waals surface area contributed by atoms with Crippen LogP contribution in [0.15, 0.2) is 0 Å². The Labute approximate surface area is 110 Å². The molecule has 1 aromatic rings. The van der Waals surface area contributed by atoms with Crippen LogP contribution in [-0.2, 0) is 6.42 Å². The van der Waals surface area contributed by atoms with Crippen molar-refractivity contribution in [2.75, 3.05) is 29.5 Å². The maximum absolute atomic E-state index is 9.95. The van der Waals surface area contributed by atoms with Crippen LogP contribution in [0, 0.1) is 0 Å². The van der Waals surface area contributed by atoms with Crippen LogP contribution in [0.2, 0.25) is 0 Å². The Morgan fingerprint density at radius 3 is 3.06 bits per heavy atom. The van der Waals surface area contributed by atoms with E-state index in [1.807, 2.05) is 11.8 Å². The van der Waals surface area contributed by atoms with Gasteiger partial charge in [0.25, 0.3) is 0 Å². The predicted octanol–water partition coefficient (Wildman–Crippen LogP) is 2.46. The van der Waals surface area contributed by atoms with Gasteiger partial charge in [-0.1, -0.05) is 0 Å². The second-order valence-electron chi connectivity index (χ2n) is 4.67. The van der Waals surface area contributed by atoms with Gasteiger partial charge in [-0.3, -0.25) is 0 Å². The SMILES string of the molecule is OC1CCCc2sc(N3CCCSCC3)nc21. The van der Waals surface area contributed by atoms with E-state index in [4.69, 9.17) is 0 Å². The van der Waals surface area contributed by atoms with E-state index in [-0.39, 0.29) is 6.10 Å². The quantitative estimate of drug-likeness (QED) is 0.850. The number of hydrogen-bond donors (Lipinski definition) is 1. The van der Waals surface area contributed by atoms with Crippen LogP contribution in [0.25, 0.3) is 0 Å². The fraction of sp³-hybridized carbons (Fsp3) is 0.750. The van der Waals surface area contributed by atoms with Gasteiger partial charge in [-0.05, 0) is 31.4 Å². The van der Waals surface area contributed by atoms with Gasteiger partial charge in [0.15, 0.2) is 5.13 Å². The third-order valence-electron chi connectivity index (χ3n) is 3.41. The molecule has 1 aliphatic heterocycles. The first-order valence-electron chi connectivity index (χ1n) is 6.35. The van der Waals surface area contributed by atoms with Crippen molar-refractivity contribution < 1.29 is 5.11 Å². The van der Waals surface area contributed by atoms with E-state index in [1.165, 1.54) is 22.8 Å². The Balaban J connectivity index is 1.83. The summed E-state index contributed by atoms with van der Waals surface area (Å²) in [4.78, 5) is 8.40. The molecule has 0 saturated carbocycles. The topological polar surface area (TPSA) is 36.4 Å². The number of aryl methyl sites for hydroxylation is 1. The molecule has 2 aliphatic rings. The molecule has 3 rings (SSSR count). The molecule has 0 aromatic carbocycles. The predicted molar refractivity (Wildman–Crippen MR) is 74.2 cm³/mol. The van der Waals surface area contributed by atoms with Gasteiger partial charge in [-0.25, -0.2) is 4.98 Å². The van der Waals surface area contributed by atoms with E-state index >= 15 is 0 Å². The van der Waals surface area contributed by atoms with Crippen LogP contribution in [-0.4, -0.2) is 34.7 Å². The summed E-state index contributed by atoms with van der Waals surface area (Å²) >= 11 is 3.84. The molecule has 3 nitrogen and oxygen atoms in total. The van der Waals surface area contributed by atoms with E-state index in [9.17, 15) is 5.11 Å². The zero-order valence-electron chi connectivity index (χ0n) is 9.89. The van der Waals surface area contributed by atoms with E-state index in [0.717, 1.165) is 43.2 Å². The van der Waals surface area contributed by atoms with E-state index in [1.54, 1.807) is 11.3 Å². The van der Waals surface area contributed by atoms with Crippen LogP contribution < -0.4 is 4.90 Å². The molecule has 0 bridgehead atoms. The monoisotopic (exact) mass is 270 g/mol. The highest BCUT2D eigenvalue weighted by Crippen LogP contribution is 2.36. The molecule has 1 unspecified atom stereocenters. The molecule has 0 amide bonds. The number of fused-ring (bicyclic) bond motifs is 1. The van der Waals surface area contributed by atoms with Gasteiger partial charge in [0.2, 0.25) is 0 Å². The molecule has 1 N–H and O–H groups in total. The van der Waals surface area contributed by atoms with Crippen molar-refractivity contribution in [1.82, 2.24) is 4.98 Å². The normalized spacial score (nSPS) is 25.5. The molecule has 2 heterocycles. The number of thiazole rings is 1. The molecule has 1 fully saturated rings. The van der Waals surface area contributed by atoms with Gasteiger partial charge in [0.1, 0.15) is 0 Å². The summed E-state index contributed by atoms with van der Waals surface area (Å²) in [5.41, 5.74) is 0.966. The number of nitrogens with zero attached hydrogens (tertiary/aromatic N) is 2. The molecular weight excluding hydrogens is 252 g/mol. The molecule has 0 spiro atoms. The van der Waals surface area contributed by atoms with Gasteiger partial charge in [0.05, 0.1) is 11.8 Å². The van der Waals surface area contributed by atoms with Gasteiger partial charge >= 0.3 is 0 Å². The average Bonchev–Trinajstić information content (AvgIpc) is 2.59. The Morgan fingerprint density at radius 1 is 1.24 bits per heavy atom. The fourth-order valence-corrected chi connectivity index (χ4v) is 4.55. The van der Waals surface area contributed by atoms with Crippen molar-refractivity contribution in [1.29, 1.82) is 0 Å². The molecule has 1 aliphatic carbocycles. The molecule has 17 heavy (non-hydrogen) atoms. The van der Waals surface area contributed by atoms with E-state index < -0.39 is 0 Å². The van der Waals surface area contributed by atoms with Crippen molar-refractivity contribution in [3.63, 3.8) is 0 Å². The number of aromatic nitrogens is 1. The van der Waals surface area contributed by atoms with Gasteiger partial charge < -0.3 is 10.0 Å². The maximum Gasteiger partial charge on any atom is 0.185 e. The molecular formula is C12H18N2OS2. The molecule has 5 heteroatoms. The van der Waals surface area contributed by atoms with Gasteiger partial charge in [0, 0.05) is 23.7 Å². The minimum Gasteiger partial charge on any atom is -0.387 e. The lowest BCUT2D eigenvalue weighted by molar-refractivity contribution is 0.153. The third kappa shape index (κ3) is 2.46. The van der Waals surface area contributed by atoms with Crippen LogP contribution in [0.3, 0.4) is 0 Å². The van der Waals surface area contributed by atoms with Gasteiger partial charge in [-0.2, -0.15) is 11.8 Å². The summed E-state index contributed by atoms with van der Waals surface area (Å²) < 4.78 is 0. The van der Waals surface area contributed by atoms with Crippen molar-refractivity contribution in [3.8, 4) is 0 Å². The Bertz CT molecular complexity index is 386. The first-order valence-corrected chi connectivity index (χ1v) is 8.32. The van der Waals surface area contributed by atoms with E-state index in [2.05, 4.69) is 9.88 Å². The van der Waals surface area contributed by atoms with Crippen molar-refractivity contribution in [2.45, 2.75) is 31.8 Å². The highest BCUT2D eigenvalue weighted by Gasteiger charge is 2.24. The number of aliphatic hydroxyl groups is 1. The van der Waals surface area contributed by atoms with Crippen LogP contribution >= 0.6 is 23.1 Å². The zero-order chi connectivity index (χ0) is 11.7. The second-order valence-corrected chi connectivity index (χ2v) is 6.95. The fourth-order valence-electron chi connectivity index (χ4n) is 2.46. The summed E-state index contributed by atoms with van der Waals surface area (Å²) in [6.45, 7) is 2.22. The lowest BCUT2D eigenvalue weighted by atomic mass is 10.0. The van der Waals surface area contributed by atoms with Crippen LogP contribution in [0.4, 0.5) is 5.13 Å². The standard InChI is InChI=1S/C12H18N2OS2/c15-9-3-1-4-10-11(9)13-12(17-10)14-5-2-7-16-8-6-14/h9,15H,1-8H2. The number of aliphatic hydroxyl groups excluding tert-OH is 1. The Kier molecular flexibility index (Phi) is 3.59. The van der Waals surface area contributed by atoms with Crippen molar-refractivity contribution in [3.05, 3.63) is 10.6 Å². The van der Waals surface area contributed by atoms with E-state index in [0.29, 0.717) is 0 Å². The summed E-state index contributed by atoms with van der Waals surface area (Å²) in [7, 11) is 0. The summed E-state index contributed by atoms with van der Waals surface area (Å²) in [6, 6.07) is 0.